The lowest BCUT2D eigenvalue weighted by atomic mass is 10.1. The van der Waals surface area contributed by atoms with Crippen molar-refractivity contribution < 1.29 is 9.18 Å². The summed E-state index contributed by atoms with van der Waals surface area (Å²) in [5.41, 5.74) is -1.62. The lowest BCUT2D eigenvalue weighted by molar-refractivity contribution is -0.129. The molecule has 2 unspecified atom stereocenters. The smallest absolute Gasteiger partial charge is 0.272 e. The summed E-state index contributed by atoms with van der Waals surface area (Å²) < 4.78 is 13.3. The zero-order valence-corrected chi connectivity index (χ0v) is 9.20. The van der Waals surface area contributed by atoms with Gasteiger partial charge in [-0.1, -0.05) is 30.3 Å². The van der Waals surface area contributed by atoms with Crippen molar-refractivity contribution in [3.8, 4) is 6.07 Å². The molecule has 0 aromatic heterocycles. The predicted molar refractivity (Wildman–Crippen MR) is 58.1 cm³/mol. The number of alkyl halides is 1. The van der Waals surface area contributed by atoms with Crippen molar-refractivity contribution in [1.29, 1.82) is 5.26 Å². The van der Waals surface area contributed by atoms with Crippen LogP contribution in [-0.4, -0.2) is 11.6 Å². The van der Waals surface area contributed by atoms with Crippen molar-refractivity contribution in [2.24, 2.45) is 0 Å². The van der Waals surface area contributed by atoms with Gasteiger partial charge in [-0.15, -0.1) is 0 Å². The highest BCUT2D eigenvalue weighted by atomic mass is 19.1. The fraction of sp³-hybridized carbons (Fsp3) is 0.333. The first kappa shape index (κ1) is 12.2. The fourth-order valence-corrected chi connectivity index (χ4v) is 1.21. The lowest BCUT2D eigenvalue weighted by Crippen LogP contribution is -2.41. The zero-order chi connectivity index (χ0) is 12.2. The molecule has 0 aliphatic carbocycles. The van der Waals surface area contributed by atoms with Crippen LogP contribution in [0.4, 0.5) is 4.39 Å². The zero-order valence-electron chi connectivity index (χ0n) is 9.20. The van der Waals surface area contributed by atoms with Gasteiger partial charge in [0.2, 0.25) is 0 Å². The van der Waals surface area contributed by atoms with E-state index in [9.17, 15) is 9.18 Å². The van der Waals surface area contributed by atoms with Crippen molar-refractivity contribution in [2.45, 2.75) is 25.6 Å². The van der Waals surface area contributed by atoms with Crippen LogP contribution in [0.15, 0.2) is 30.3 Å². The van der Waals surface area contributed by atoms with Gasteiger partial charge in [-0.3, -0.25) is 4.79 Å². The molecule has 1 amide bonds. The molecule has 0 fully saturated rings. The minimum atomic E-state index is -2.48. The monoisotopic (exact) mass is 220 g/mol. The molecule has 0 saturated carbocycles. The molecule has 0 heterocycles. The number of carbonyl (C=O) groups excluding carboxylic acids is 1. The van der Waals surface area contributed by atoms with Gasteiger partial charge in [-0.2, -0.15) is 5.26 Å². The van der Waals surface area contributed by atoms with Gasteiger partial charge >= 0.3 is 0 Å². The summed E-state index contributed by atoms with van der Waals surface area (Å²) in [5, 5.41) is 10.9. The van der Waals surface area contributed by atoms with E-state index in [2.05, 4.69) is 5.32 Å². The Morgan fingerprint density at radius 2 is 2.06 bits per heavy atom. The molecular formula is C12H13FN2O. The summed E-state index contributed by atoms with van der Waals surface area (Å²) >= 11 is 0. The summed E-state index contributed by atoms with van der Waals surface area (Å²) in [5.74, 6) is -0.911. The first-order valence-corrected chi connectivity index (χ1v) is 4.93. The quantitative estimate of drug-likeness (QED) is 0.848. The molecule has 16 heavy (non-hydrogen) atoms. The average molecular weight is 220 g/mol. The molecule has 1 aromatic carbocycles. The van der Waals surface area contributed by atoms with E-state index in [1.165, 1.54) is 6.07 Å². The van der Waals surface area contributed by atoms with E-state index in [1.54, 1.807) is 6.92 Å². The molecule has 4 heteroatoms. The Kier molecular flexibility index (Phi) is 3.62. The van der Waals surface area contributed by atoms with Crippen LogP contribution in [0.25, 0.3) is 0 Å². The van der Waals surface area contributed by atoms with Crippen molar-refractivity contribution in [3.63, 3.8) is 0 Å². The number of hydrogen-bond acceptors (Lipinski definition) is 2. The van der Waals surface area contributed by atoms with Crippen LogP contribution in [0, 0.1) is 11.3 Å². The van der Waals surface area contributed by atoms with Crippen molar-refractivity contribution in [1.82, 2.24) is 5.32 Å². The minimum absolute atomic E-state index is 0.322. The molecule has 0 bridgehead atoms. The second-order valence-electron chi connectivity index (χ2n) is 3.72. The van der Waals surface area contributed by atoms with Crippen LogP contribution in [-0.2, 0) is 4.79 Å². The third kappa shape index (κ3) is 2.80. The summed E-state index contributed by atoms with van der Waals surface area (Å²) in [7, 11) is 0. The molecular weight excluding hydrogens is 207 g/mol. The molecule has 3 nitrogen and oxygen atoms in total. The molecule has 84 valence electrons. The SMILES string of the molecule is CC(NC(=O)C(C)(F)C#N)c1ccccc1. The molecule has 1 N–H and O–H groups in total. The number of halogens is 1. The Hall–Kier alpha value is -1.89. The van der Waals surface area contributed by atoms with Crippen molar-refractivity contribution >= 4 is 5.91 Å². The van der Waals surface area contributed by atoms with E-state index in [4.69, 9.17) is 5.26 Å². The van der Waals surface area contributed by atoms with Crippen LogP contribution in [0.1, 0.15) is 25.5 Å². The van der Waals surface area contributed by atoms with Crippen LogP contribution >= 0.6 is 0 Å². The third-order valence-electron chi connectivity index (χ3n) is 2.28. The normalized spacial score (nSPS) is 15.6. The van der Waals surface area contributed by atoms with Gasteiger partial charge in [0, 0.05) is 0 Å². The number of nitriles is 1. The van der Waals surface area contributed by atoms with Gasteiger partial charge in [0.25, 0.3) is 11.6 Å². The maximum Gasteiger partial charge on any atom is 0.272 e. The Labute approximate surface area is 93.9 Å². The van der Waals surface area contributed by atoms with E-state index in [1.807, 2.05) is 30.3 Å². The standard InChI is InChI=1S/C12H13FN2O/c1-9(10-6-4-3-5-7-10)15-11(16)12(2,13)8-14/h3-7,9H,1-2H3,(H,15,16). The third-order valence-corrected chi connectivity index (χ3v) is 2.28. The van der Waals surface area contributed by atoms with Crippen LogP contribution < -0.4 is 5.32 Å². The Bertz CT molecular complexity index is 409. The summed E-state index contributed by atoms with van der Waals surface area (Å²) in [6.07, 6.45) is 0. The van der Waals surface area contributed by atoms with Gasteiger partial charge in [0.15, 0.2) is 0 Å². The number of hydrogen-bond donors (Lipinski definition) is 1. The average Bonchev–Trinajstić information content (AvgIpc) is 2.30. The highest BCUT2D eigenvalue weighted by molar-refractivity contribution is 5.87. The van der Waals surface area contributed by atoms with Gasteiger partial charge in [-0.25, -0.2) is 4.39 Å². The van der Waals surface area contributed by atoms with E-state index in [0.29, 0.717) is 0 Å². The van der Waals surface area contributed by atoms with Crippen LogP contribution in [0.3, 0.4) is 0 Å². The second kappa shape index (κ2) is 4.75. The highest BCUT2D eigenvalue weighted by Gasteiger charge is 2.33. The number of nitrogens with zero attached hydrogens (tertiary/aromatic N) is 1. The number of rotatable bonds is 3. The summed E-state index contributed by atoms with van der Waals surface area (Å²) in [6, 6.07) is 10.2. The van der Waals surface area contributed by atoms with Crippen LogP contribution in [0.5, 0.6) is 0 Å². The van der Waals surface area contributed by atoms with Gasteiger partial charge in [-0.05, 0) is 19.4 Å². The molecule has 1 aromatic rings. The van der Waals surface area contributed by atoms with Gasteiger partial charge in [0.05, 0.1) is 6.04 Å². The molecule has 0 aliphatic heterocycles. The largest absolute Gasteiger partial charge is 0.346 e. The van der Waals surface area contributed by atoms with Gasteiger partial charge in [0.1, 0.15) is 6.07 Å². The fourth-order valence-electron chi connectivity index (χ4n) is 1.21. The van der Waals surface area contributed by atoms with Crippen molar-refractivity contribution in [2.75, 3.05) is 0 Å². The molecule has 0 aliphatic rings. The molecule has 2 atom stereocenters. The summed E-state index contributed by atoms with van der Waals surface area (Å²) in [6.45, 7) is 2.68. The number of nitrogens with one attached hydrogen (secondary N) is 1. The van der Waals surface area contributed by atoms with E-state index >= 15 is 0 Å². The Morgan fingerprint density at radius 3 is 2.56 bits per heavy atom. The summed E-state index contributed by atoms with van der Waals surface area (Å²) in [4.78, 5) is 11.4. The first-order chi connectivity index (χ1) is 7.47. The maximum atomic E-state index is 13.3. The van der Waals surface area contributed by atoms with Crippen LogP contribution in [0.2, 0.25) is 0 Å². The van der Waals surface area contributed by atoms with E-state index in [0.717, 1.165) is 12.5 Å². The second-order valence-corrected chi connectivity index (χ2v) is 3.72. The lowest BCUT2D eigenvalue weighted by Gasteiger charge is -2.17. The van der Waals surface area contributed by atoms with E-state index in [-0.39, 0.29) is 6.04 Å². The highest BCUT2D eigenvalue weighted by Crippen LogP contribution is 2.14. The predicted octanol–water partition coefficient (Wildman–Crippen LogP) is 2.12. The topological polar surface area (TPSA) is 52.9 Å². The molecule has 0 radical (unpaired) electrons. The first-order valence-electron chi connectivity index (χ1n) is 4.93. The number of carbonyl (C=O) groups is 1. The van der Waals surface area contributed by atoms with E-state index < -0.39 is 11.6 Å². The van der Waals surface area contributed by atoms with Gasteiger partial charge < -0.3 is 5.32 Å². The number of amides is 1. The Balaban J connectivity index is 2.70. The number of benzene rings is 1. The maximum absolute atomic E-state index is 13.3. The molecule has 1 rings (SSSR count). The minimum Gasteiger partial charge on any atom is -0.346 e. The molecule has 0 saturated heterocycles. The van der Waals surface area contributed by atoms with Crippen molar-refractivity contribution in [3.05, 3.63) is 35.9 Å². The Morgan fingerprint density at radius 1 is 1.50 bits per heavy atom. The molecule has 0 spiro atoms.